The number of nitrogens with one attached hydrogen (secondary N) is 1. The Morgan fingerprint density at radius 2 is 1.87 bits per heavy atom. The highest BCUT2D eigenvalue weighted by molar-refractivity contribution is 6.03. The maximum Gasteiger partial charge on any atom is 0.410 e. The number of amides is 2. The highest BCUT2D eigenvalue weighted by atomic mass is 19.1. The smallest absolute Gasteiger partial charge is 0.410 e. The van der Waals surface area contributed by atoms with Crippen molar-refractivity contribution in [2.45, 2.75) is 45.3 Å². The topological polar surface area (TPSA) is 72.8 Å². The molecule has 1 aliphatic heterocycles. The summed E-state index contributed by atoms with van der Waals surface area (Å²) in [6.45, 7) is 6.65. The lowest BCUT2D eigenvalue weighted by Gasteiger charge is -2.34. The van der Waals surface area contributed by atoms with E-state index in [1.54, 1.807) is 17.0 Å². The van der Waals surface area contributed by atoms with Gasteiger partial charge in [0.1, 0.15) is 11.3 Å². The van der Waals surface area contributed by atoms with Crippen LogP contribution in [0.4, 0.5) is 14.9 Å². The Morgan fingerprint density at radius 3 is 2.47 bits per heavy atom. The molecule has 0 spiro atoms. The van der Waals surface area contributed by atoms with Gasteiger partial charge in [-0.15, -0.1) is 0 Å². The molecule has 162 valence electrons. The van der Waals surface area contributed by atoms with Crippen molar-refractivity contribution in [3.05, 3.63) is 48.0 Å². The fourth-order valence-electron chi connectivity index (χ4n) is 3.50. The average Bonchev–Trinajstić information content (AvgIpc) is 3.17. The number of hydrogen-bond donors (Lipinski definition) is 1. The van der Waals surface area contributed by atoms with Gasteiger partial charge in [-0.25, -0.2) is 9.18 Å². The third-order valence-electron chi connectivity index (χ3n) is 4.93. The lowest BCUT2D eigenvalue weighted by atomic mass is 10.0. The maximum absolute atomic E-state index is 13.9. The lowest BCUT2D eigenvalue weighted by Crippen LogP contribution is -2.42. The number of halogens is 1. The van der Waals surface area contributed by atoms with Crippen LogP contribution in [0.1, 0.15) is 50.1 Å². The van der Waals surface area contributed by atoms with E-state index < -0.39 is 11.4 Å². The van der Waals surface area contributed by atoms with Crippen LogP contribution in [-0.2, 0) is 4.74 Å². The molecule has 8 heteroatoms. The molecule has 1 aromatic heterocycles. The first-order chi connectivity index (χ1) is 14.2. The first-order valence-corrected chi connectivity index (χ1v) is 9.97. The lowest BCUT2D eigenvalue weighted by molar-refractivity contribution is 0.0187. The van der Waals surface area contributed by atoms with Gasteiger partial charge in [0.15, 0.2) is 11.6 Å². The third-order valence-corrected chi connectivity index (χ3v) is 4.93. The molecule has 1 aliphatic rings. The molecule has 1 N–H and O–H groups in total. The van der Waals surface area contributed by atoms with Gasteiger partial charge in [-0.3, -0.25) is 4.79 Å². The molecular formula is C22H28FN3O4. The molecule has 2 aromatic rings. The van der Waals surface area contributed by atoms with Gasteiger partial charge in [0.2, 0.25) is 0 Å². The van der Waals surface area contributed by atoms with Crippen LogP contribution in [0.15, 0.2) is 36.5 Å². The van der Waals surface area contributed by atoms with Gasteiger partial charge in [0.25, 0.3) is 5.91 Å². The Kier molecular flexibility index (Phi) is 6.34. The van der Waals surface area contributed by atoms with Crippen molar-refractivity contribution in [3.8, 4) is 5.75 Å². The van der Waals surface area contributed by atoms with Crippen molar-refractivity contribution in [1.82, 2.24) is 9.47 Å². The van der Waals surface area contributed by atoms with Crippen molar-refractivity contribution in [3.63, 3.8) is 0 Å². The monoisotopic (exact) mass is 417 g/mol. The van der Waals surface area contributed by atoms with E-state index in [0.717, 1.165) is 0 Å². The van der Waals surface area contributed by atoms with Gasteiger partial charge in [-0.2, -0.15) is 0 Å². The number of aromatic nitrogens is 1. The molecule has 0 saturated carbocycles. The highest BCUT2D eigenvalue weighted by Gasteiger charge is 2.28. The molecule has 0 bridgehead atoms. The number of ether oxygens (including phenoxy) is 2. The van der Waals surface area contributed by atoms with Crippen molar-refractivity contribution in [1.29, 1.82) is 0 Å². The maximum atomic E-state index is 13.9. The fourth-order valence-corrected chi connectivity index (χ4v) is 3.50. The predicted molar refractivity (Wildman–Crippen MR) is 111 cm³/mol. The number of rotatable bonds is 4. The molecule has 2 amide bonds. The van der Waals surface area contributed by atoms with Gasteiger partial charge < -0.3 is 24.3 Å². The molecular weight excluding hydrogens is 389 g/mol. The predicted octanol–water partition coefficient (Wildman–Crippen LogP) is 4.46. The summed E-state index contributed by atoms with van der Waals surface area (Å²) in [5, 5.41) is 2.73. The van der Waals surface area contributed by atoms with E-state index in [1.807, 2.05) is 37.6 Å². The summed E-state index contributed by atoms with van der Waals surface area (Å²) in [7, 11) is 1.39. The Morgan fingerprint density at radius 1 is 1.17 bits per heavy atom. The molecule has 1 saturated heterocycles. The molecule has 0 atom stereocenters. The fraction of sp³-hybridized carbons (Fsp3) is 0.455. The minimum atomic E-state index is -0.541. The van der Waals surface area contributed by atoms with Crippen molar-refractivity contribution in [2.24, 2.45) is 0 Å². The second kappa shape index (κ2) is 8.77. The van der Waals surface area contributed by atoms with Crippen LogP contribution < -0.4 is 10.1 Å². The number of anilines is 1. The Labute approximate surface area is 175 Å². The number of carbonyl (C=O) groups excluding carboxylic acids is 2. The van der Waals surface area contributed by atoms with E-state index in [0.29, 0.717) is 37.3 Å². The van der Waals surface area contributed by atoms with Gasteiger partial charge in [0.05, 0.1) is 7.11 Å². The van der Waals surface area contributed by atoms with E-state index in [2.05, 4.69) is 5.32 Å². The zero-order chi connectivity index (χ0) is 21.9. The third kappa shape index (κ3) is 5.11. The van der Waals surface area contributed by atoms with E-state index in [9.17, 15) is 14.0 Å². The number of benzene rings is 1. The second-order valence-electron chi connectivity index (χ2n) is 8.30. The molecule has 7 nitrogen and oxygen atoms in total. The number of methoxy groups -OCH3 is 1. The summed E-state index contributed by atoms with van der Waals surface area (Å²) in [5.41, 5.74) is 0.313. The molecule has 2 heterocycles. The summed E-state index contributed by atoms with van der Waals surface area (Å²) >= 11 is 0. The van der Waals surface area contributed by atoms with Crippen LogP contribution in [0, 0.1) is 5.82 Å². The van der Waals surface area contributed by atoms with Crippen LogP contribution in [0.5, 0.6) is 5.75 Å². The second-order valence-corrected chi connectivity index (χ2v) is 8.30. The number of likely N-dealkylation sites (tertiary alicyclic amines) is 1. The van der Waals surface area contributed by atoms with Gasteiger partial charge in [-0.05, 0) is 57.9 Å². The summed E-state index contributed by atoms with van der Waals surface area (Å²) < 4.78 is 26.1. The number of piperidine rings is 1. The largest absolute Gasteiger partial charge is 0.494 e. The molecule has 0 aliphatic carbocycles. The molecule has 0 unspecified atom stereocenters. The molecule has 30 heavy (non-hydrogen) atoms. The zero-order valence-electron chi connectivity index (χ0n) is 17.8. The Hall–Kier alpha value is -3.03. The van der Waals surface area contributed by atoms with Crippen LogP contribution in [0.25, 0.3) is 0 Å². The summed E-state index contributed by atoms with van der Waals surface area (Å²) in [5.74, 6) is -0.743. The average molecular weight is 417 g/mol. The van der Waals surface area contributed by atoms with Crippen molar-refractivity contribution in [2.75, 3.05) is 25.5 Å². The van der Waals surface area contributed by atoms with Crippen LogP contribution in [0.2, 0.25) is 0 Å². The van der Waals surface area contributed by atoms with Crippen LogP contribution >= 0.6 is 0 Å². The number of hydrogen-bond acceptors (Lipinski definition) is 4. The van der Waals surface area contributed by atoms with E-state index in [4.69, 9.17) is 9.47 Å². The number of nitrogens with zero attached hydrogens (tertiary/aromatic N) is 2. The van der Waals surface area contributed by atoms with Gasteiger partial charge in [-0.1, -0.05) is 0 Å². The van der Waals surface area contributed by atoms with E-state index in [-0.39, 0.29) is 23.8 Å². The number of carbonyl (C=O) groups is 2. The van der Waals surface area contributed by atoms with Crippen LogP contribution in [0.3, 0.4) is 0 Å². The first-order valence-electron chi connectivity index (χ1n) is 9.97. The minimum absolute atomic E-state index is 0.0899. The van der Waals surface area contributed by atoms with Gasteiger partial charge in [0, 0.05) is 37.1 Å². The van der Waals surface area contributed by atoms with E-state index >= 15 is 0 Å². The molecule has 1 aromatic carbocycles. The van der Waals surface area contributed by atoms with Crippen molar-refractivity contribution >= 4 is 17.7 Å². The van der Waals surface area contributed by atoms with Crippen molar-refractivity contribution < 1.29 is 23.5 Å². The highest BCUT2D eigenvalue weighted by Crippen LogP contribution is 2.27. The summed E-state index contributed by atoms with van der Waals surface area (Å²) in [6.07, 6.45) is 2.97. The van der Waals surface area contributed by atoms with Crippen LogP contribution in [-0.4, -0.2) is 47.3 Å². The molecule has 0 radical (unpaired) electrons. The quantitative estimate of drug-likeness (QED) is 0.797. The SMILES string of the molecule is COc1ccc(NC(=O)c2cccn2C2CCN(C(=O)OC(C)(C)C)CC2)cc1F. The van der Waals surface area contributed by atoms with Gasteiger partial charge >= 0.3 is 6.09 Å². The standard InChI is InChI=1S/C22H28FN3O4/c1-22(2,3)30-21(28)25-12-9-16(10-13-25)26-11-5-6-18(26)20(27)24-15-7-8-19(29-4)17(23)14-15/h5-8,11,14,16H,9-10,12-13H2,1-4H3,(H,24,27). The Balaban J connectivity index is 1.64. The minimum Gasteiger partial charge on any atom is -0.494 e. The first kappa shape index (κ1) is 21.7. The Bertz CT molecular complexity index is 911. The zero-order valence-corrected chi connectivity index (χ0v) is 17.8. The summed E-state index contributed by atoms with van der Waals surface area (Å²) in [4.78, 5) is 26.7. The molecule has 3 rings (SSSR count). The normalized spacial score (nSPS) is 15.0. The van der Waals surface area contributed by atoms with E-state index in [1.165, 1.54) is 19.2 Å². The summed E-state index contributed by atoms with van der Waals surface area (Å²) in [6, 6.07) is 7.91. The molecule has 1 fully saturated rings.